The molecule has 0 amide bonds. The number of nitrogens with one attached hydrogen (secondary N) is 1. The highest BCUT2D eigenvalue weighted by atomic mass is 79.9. The molecule has 28 heavy (non-hydrogen) atoms. The number of esters is 1. The third-order valence-corrected chi connectivity index (χ3v) is 5.92. The molecule has 0 spiro atoms. The molecule has 0 bridgehead atoms. The van der Waals surface area contributed by atoms with E-state index in [1.54, 1.807) is 6.20 Å². The summed E-state index contributed by atoms with van der Waals surface area (Å²) in [7, 11) is 1.38. The number of halogens is 3. The molecule has 0 saturated heterocycles. The van der Waals surface area contributed by atoms with E-state index >= 15 is 0 Å². The van der Waals surface area contributed by atoms with Crippen molar-refractivity contribution in [3.05, 3.63) is 63.4 Å². The maximum absolute atomic E-state index is 12.9. The van der Waals surface area contributed by atoms with Crippen molar-refractivity contribution >= 4 is 59.4 Å². The Balaban J connectivity index is 2.35. The number of allylic oxidation sites excluding steroid dienone is 1. The van der Waals surface area contributed by atoms with Crippen molar-refractivity contribution in [3.63, 3.8) is 0 Å². The average molecular weight is 575 g/mol. The highest BCUT2D eigenvalue weighted by molar-refractivity contribution is 9.24. The molecule has 148 valence electrons. The number of anilines is 1. The van der Waals surface area contributed by atoms with Gasteiger partial charge in [-0.2, -0.15) is 0 Å². The fourth-order valence-corrected chi connectivity index (χ4v) is 4.44. The fourth-order valence-electron chi connectivity index (χ4n) is 3.20. The van der Waals surface area contributed by atoms with E-state index in [4.69, 9.17) is 9.47 Å². The van der Waals surface area contributed by atoms with Crippen LogP contribution in [0, 0.1) is 0 Å². The number of alkyl halides is 2. The summed E-state index contributed by atoms with van der Waals surface area (Å²) < 4.78 is 11.8. The first-order chi connectivity index (χ1) is 13.3. The van der Waals surface area contributed by atoms with Gasteiger partial charge in [-0.15, -0.1) is 0 Å². The number of benzene rings is 1. The van der Waals surface area contributed by atoms with Crippen molar-refractivity contribution in [3.8, 4) is 5.88 Å². The summed E-state index contributed by atoms with van der Waals surface area (Å²) in [5, 5.41) is 3.34. The molecule has 5 nitrogen and oxygen atoms in total. The van der Waals surface area contributed by atoms with E-state index in [-0.39, 0.29) is 9.84 Å². The van der Waals surface area contributed by atoms with E-state index < -0.39 is 11.9 Å². The number of hydrogen-bond acceptors (Lipinski definition) is 5. The number of carbonyl (C=O) groups excluding carboxylic acids is 1. The maximum atomic E-state index is 12.9. The van der Waals surface area contributed by atoms with Gasteiger partial charge in [-0.05, 0) is 31.5 Å². The van der Waals surface area contributed by atoms with Gasteiger partial charge in [0.15, 0.2) is 0 Å². The van der Waals surface area contributed by atoms with Gasteiger partial charge in [0, 0.05) is 16.4 Å². The third kappa shape index (κ3) is 4.14. The maximum Gasteiger partial charge on any atom is 0.336 e. The molecule has 0 saturated carbocycles. The molecule has 3 rings (SSSR count). The monoisotopic (exact) mass is 572 g/mol. The SMILES string of the molecule is COC(=O)C1=C(C(Br)Br)Nc2ccnc(OC(C)C)c2C1c1ccccc1Br. The second-order valence-electron chi connectivity index (χ2n) is 6.44. The highest BCUT2D eigenvalue weighted by Gasteiger charge is 2.39. The number of fused-ring (bicyclic) bond motifs is 1. The number of pyridine rings is 1. The van der Waals surface area contributed by atoms with Gasteiger partial charge in [-0.25, -0.2) is 9.78 Å². The molecule has 1 aliphatic rings. The first-order valence-electron chi connectivity index (χ1n) is 8.62. The predicted octanol–water partition coefficient (Wildman–Crippen LogP) is 5.73. The van der Waals surface area contributed by atoms with Crippen molar-refractivity contribution in [1.82, 2.24) is 4.98 Å². The standard InChI is InChI=1S/C20H19Br3N2O3/c1-10(2)28-19-15-13(8-9-24-19)25-17(18(22)23)16(20(26)27-3)14(15)11-6-4-5-7-12(11)21/h4-10,14,18,25H,1-3H3. The molecule has 1 aliphatic heterocycles. The molecule has 2 heterocycles. The van der Waals surface area contributed by atoms with Crippen LogP contribution in [-0.4, -0.2) is 27.9 Å². The van der Waals surface area contributed by atoms with Gasteiger partial charge >= 0.3 is 5.97 Å². The summed E-state index contributed by atoms with van der Waals surface area (Å²) in [5.41, 5.74) is 3.72. The molecule has 2 aromatic rings. The molecule has 1 N–H and O–H groups in total. The molecule has 1 aromatic heterocycles. The zero-order valence-corrected chi connectivity index (χ0v) is 20.3. The van der Waals surface area contributed by atoms with Crippen LogP contribution in [0.3, 0.4) is 0 Å². The lowest BCUT2D eigenvalue weighted by atomic mass is 9.81. The first kappa shape index (κ1) is 21.3. The van der Waals surface area contributed by atoms with E-state index in [1.165, 1.54) is 7.11 Å². The normalized spacial score (nSPS) is 16.1. The Morgan fingerprint density at radius 2 is 1.93 bits per heavy atom. The van der Waals surface area contributed by atoms with E-state index in [1.807, 2.05) is 44.2 Å². The zero-order valence-electron chi connectivity index (χ0n) is 15.5. The van der Waals surface area contributed by atoms with Crippen LogP contribution in [0.4, 0.5) is 5.69 Å². The summed E-state index contributed by atoms with van der Waals surface area (Å²) in [6.07, 6.45) is 1.63. The van der Waals surface area contributed by atoms with Crippen molar-refractivity contribution in [2.24, 2.45) is 0 Å². The Bertz CT molecular complexity index is 929. The van der Waals surface area contributed by atoms with Gasteiger partial charge in [-0.3, -0.25) is 0 Å². The summed E-state index contributed by atoms with van der Waals surface area (Å²) in [6, 6.07) is 9.68. The topological polar surface area (TPSA) is 60.5 Å². The minimum atomic E-state index is -0.422. The lowest BCUT2D eigenvalue weighted by Crippen LogP contribution is -2.28. The van der Waals surface area contributed by atoms with Crippen LogP contribution in [0.15, 0.2) is 52.3 Å². The molecule has 0 fully saturated rings. The lowest BCUT2D eigenvalue weighted by Gasteiger charge is -2.33. The van der Waals surface area contributed by atoms with Crippen LogP contribution in [-0.2, 0) is 9.53 Å². The van der Waals surface area contributed by atoms with Crippen molar-refractivity contribution in [2.75, 3.05) is 12.4 Å². The van der Waals surface area contributed by atoms with Gasteiger partial charge in [-0.1, -0.05) is 66.0 Å². The number of rotatable bonds is 5. The lowest BCUT2D eigenvalue weighted by molar-refractivity contribution is -0.136. The Hall–Kier alpha value is -1.38. The summed E-state index contributed by atoms with van der Waals surface area (Å²) in [5.74, 6) is -0.353. The van der Waals surface area contributed by atoms with Gasteiger partial charge in [0.05, 0.1) is 36.0 Å². The highest BCUT2D eigenvalue weighted by Crippen LogP contribution is 2.49. The molecule has 1 unspecified atom stereocenters. The quantitative estimate of drug-likeness (QED) is 0.365. The first-order valence-corrected chi connectivity index (χ1v) is 11.2. The summed E-state index contributed by atoms with van der Waals surface area (Å²) in [6.45, 7) is 3.89. The Morgan fingerprint density at radius 3 is 2.54 bits per heavy atom. The average Bonchev–Trinajstić information content (AvgIpc) is 2.66. The van der Waals surface area contributed by atoms with Crippen molar-refractivity contribution < 1.29 is 14.3 Å². The van der Waals surface area contributed by atoms with Crippen molar-refractivity contribution in [1.29, 1.82) is 0 Å². The second-order valence-corrected chi connectivity index (χ2v) is 10.4. The van der Waals surface area contributed by atoms with Crippen molar-refractivity contribution in [2.45, 2.75) is 29.6 Å². The van der Waals surface area contributed by atoms with Crippen LogP contribution in [0.25, 0.3) is 0 Å². The predicted molar refractivity (Wildman–Crippen MR) is 120 cm³/mol. The number of methoxy groups -OCH3 is 1. The minimum Gasteiger partial charge on any atom is -0.475 e. The number of aromatic nitrogens is 1. The molecular formula is C20H19Br3N2O3. The fraction of sp³-hybridized carbons (Fsp3) is 0.300. The number of hydrogen-bond donors (Lipinski definition) is 1. The van der Waals surface area contributed by atoms with E-state index in [9.17, 15) is 4.79 Å². The van der Waals surface area contributed by atoms with Gasteiger partial charge in [0.25, 0.3) is 0 Å². The number of nitrogens with zero attached hydrogens (tertiary/aromatic N) is 1. The molecule has 0 aliphatic carbocycles. The largest absolute Gasteiger partial charge is 0.475 e. The Morgan fingerprint density at radius 1 is 1.21 bits per heavy atom. The Kier molecular flexibility index (Phi) is 6.83. The van der Waals surface area contributed by atoms with E-state index in [0.717, 1.165) is 21.3 Å². The molecular weight excluding hydrogens is 556 g/mol. The molecule has 0 radical (unpaired) electrons. The van der Waals surface area contributed by atoms with Crippen LogP contribution >= 0.6 is 47.8 Å². The van der Waals surface area contributed by atoms with Gasteiger partial charge in [0.2, 0.25) is 5.88 Å². The molecule has 8 heteroatoms. The van der Waals surface area contributed by atoms with Crippen LogP contribution in [0.2, 0.25) is 0 Å². The van der Waals surface area contributed by atoms with E-state index in [2.05, 4.69) is 58.1 Å². The molecule has 1 atom stereocenters. The smallest absolute Gasteiger partial charge is 0.336 e. The molecule has 1 aromatic carbocycles. The van der Waals surface area contributed by atoms with Crippen LogP contribution in [0.5, 0.6) is 5.88 Å². The van der Waals surface area contributed by atoms with Crippen LogP contribution < -0.4 is 10.1 Å². The van der Waals surface area contributed by atoms with E-state index in [0.29, 0.717) is 17.2 Å². The Labute approximate surface area is 189 Å². The second kappa shape index (κ2) is 8.97. The van der Waals surface area contributed by atoms with Gasteiger partial charge in [0.1, 0.15) is 3.74 Å². The van der Waals surface area contributed by atoms with Crippen LogP contribution in [0.1, 0.15) is 30.9 Å². The summed E-state index contributed by atoms with van der Waals surface area (Å²) in [4.78, 5) is 17.3. The van der Waals surface area contributed by atoms with Gasteiger partial charge < -0.3 is 14.8 Å². The zero-order chi connectivity index (χ0) is 20.4. The number of carbonyl (C=O) groups is 1. The third-order valence-electron chi connectivity index (χ3n) is 4.28. The minimum absolute atomic E-state index is 0.0640. The summed E-state index contributed by atoms with van der Waals surface area (Å²) >= 11 is 10.7. The number of ether oxygens (including phenoxy) is 2.